The average molecular weight is 447 g/mol. The third-order valence-corrected chi connectivity index (χ3v) is 4.12. The van der Waals surface area contributed by atoms with Crippen LogP contribution in [0.4, 0.5) is 0 Å². The van der Waals surface area contributed by atoms with Gasteiger partial charge in [0, 0.05) is 0 Å². The Hall–Kier alpha value is -3.26. The zero-order chi connectivity index (χ0) is 24.5. The molecule has 0 aliphatic rings. The van der Waals surface area contributed by atoms with Gasteiger partial charge in [0.25, 0.3) is 0 Å². The van der Waals surface area contributed by atoms with Crippen molar-refractivity contribution in [3.8, 4) is 0 Å². The van der Waals surface area contributed by atoms with E-state index in [0.29, 0.717) is 0 Å². The first-order valence-corrected chi connectivity index (χ1v) is 9.25. The Morgan fingerprint density at radius 1 is 0.806 bits per heavy atom. The Morgan fingerprint density at radius 2 is 1.26 bits per heavy atom. The molecule has 0 aromatic heterocycles. The smallest absolute Gasteiger partial charge is 0.328 e. The Labute approximate surface area is 177 Å². The molecule has 0 saturated carbocycles. The number of primary amides is 1. The van der Waals surface area contributed by atoms with E-state index < -0.39 is 78.7 Å². The van der Waals surface area contributed by atoms with Gasteiger partial charge in [-0.1, -0.05) is 13.8 Å². The quantitative estimate of drug-likeness (QED) is 0.137. The maximum absolute atomic E-state index is 12.5. The third-order valence-electron chi connectivity index (χ3n) is 4.12. The minimum absolute atomic E-state index is 0.324. The number of aliphatic carboxylic acids is 2. The Morgan fingerprint density at radius 3 is 1.65 bits per heavy atom. The fourth-order valence-corrected chi connectivity index (χ4v) is 2.28. The lowest BCUT2D eigenvalue weighted by Crippen LogP contribution is -2.59. The van der Waals surface area contributed by atoms with E-state index >= 15 is 0 Å². The number of nitrogens with two attached hydrogens (primary N) is 2. The Balaban J connectivity index is 5.56. The van der Waals surface area contributed by atoms with Crippen LogP contribution in [-0.4, -0.2) is 81.2 Å². The van der Waals surface area contributed by atoms with E-state index in [4.69, 9.17) is 21.7 Å². The third kappa shape index (κ3) is 9.86. The van der Waals surface area contributed by atoms with Crippen LogP contribution in [0, 0.1) is 5.92 Å². The van der Waals surface area contributed by atoms with Crippen molar-refractivity contribution in [2.75, 3.05) is 0 Å². The summed E-state index contributed by atoms with van der Waals surface area (Å²) in [6.45, 7) is 4.35. The molecule has 14 nitrogen and oxygen atoms in total. The highest BCUT2D eigenvalue weighted by Crippen LogP contribution is 2.03. The van der Waals surface area contributed by atoms with Crippen LogP contribution in [0.25, 0.3) is 0 Å². The van der Waals surface area contributed by atoms with Gasteiger partial charge < -0.3 is 42.7 Å². The molecule has 0 rings (SSSR count). The number of carbonyl (C=O) groups excluding carboxylic acids is 4. The number of aliphatic hydroxyl groups excluding tert-OH is 1. The molecule has 0 aromatic carbocycles. The second kappa shape index (κ2) is 12.4. The molecule has 10 N–H and O–H groups in total. The van der Waals surface area contributed by atoms with Gasteiger partial charge in [-0.2, -0.15) is 0 Å². The molecule has 0 aliphatic carbocycles. The highest BCUT2D eigenvalue weighted by molar-refractivity contribution is 5.97. The zero-order valence-electron chi connectivity index (χ0n) is 17.3. The Kier molecular flexibility index (Phi) is 11.1. The van der Waals surface area contributed by atoms with E-state index in [9.17, 15) is 33.9 Å². The summed E-state index contributed by atoms with van der Waals surface area (Å²) in [5.74, 6) is -7.51. The number of carboxylic acid groups (broad SMARTS) is 2. The van der Waals surface area contributed by atoms with Gasteiger partial charge in [-0.25, -0.2) is 4.79 Å². The second-order valence-corrected chi connectivity index (χ2v) is 7.23. The van der Waals surface area contributed by atoms with Crippen LogP contribution >= 0.6 is 0 Å². The van der Waals surface area contributed by atoms with Crippen LogP contribution in [0.2, 0.25) is 0 Å². The van der Waals surface area contributed by atoms with Gasteiger partial charge in [0.1, 0.15) is 12.1 Å². The molecule has 0 aromatic rings. The number of rotatable bonds is 13. The molecule has 0 spiro atoms. The summed E-state index contributed by atoms with van der Waals surface area (Å²) < 4.78 is 0. The Bertz CT molecular complexity index is 710. The van der Waals surface area contributed by atoms with Gasteiger partial charge in [-0.05, 0) is 12.8 Å². The van der Waals surface area contributed by atoms with E-state index in [0.717, 1.165) is 6.92 Å². The molecule has 176 valence electrons. The summed E-state index contributed by atoms with van der Waals surface area (Å²) in [6, 6.07) is -6.14. The summed E-state index contributed by atoms with van der Waals surface area (Å²) >= 11 is 0. The van der Waals surface area contributed by atoms with E-state index in [1.165, 1.54) is 0 Å². The minimum Gasteiger partial charge on any atom is -0.481 e. The lowest BCUT2D eigenvalue weighted by Gasteiger charge is -2.25. The molecule has 14 heteroatoms. The minimum atomic E-state index is -1.75. The summed E-state index contributed by atoms with van der Waals surface area (Å²) in [5, 5.41) is 33.7. The van der Waals surface area contributed by atoms with E-state index in [1.54, 1.807) is 13.8 Å². The predicted octanol–water partition coefficient (Wildman–Crippen LogP) is -3.76. The van der Waals surface area contributed by atoms with Crippen molar-refractivity contribution in [3.05, 3.63) is 0 Å². The maximum Gasteiger partial charge on any atom is 0.328 e. The molecule has 0 aliphatic heterocycles. The number of aliphatic hydroxyl groups is 1. The van der Waals surface area contributed by atoms with E-state index in [2.05, 4.69) is 10.6 Å². The lowest BCUT2D eigenvalue weighted by atomic mass is 10.0. The highest BCUT2D eigenvalue weighted by Gasteiger charge is 2.33. The normalized spacial score (nSPS) is 15.7. The molecular formula is C17H29N5O9. The first-order valence-electron chi connectivity index (χ1n) is 9.25. The molecule has 5 atom stereocenters. The molecule has 0 saturated heterocycles. The standard InChI is InChI=1S/C17H29N5O9/c1-6(2)12(19)16(29)21-9(5-11(25)26)14(27)20-8(4-10(18)24)15(28)22-13(7(3)23)17(30)31/h6-9,12-13,23H,4-5,19H2,1-3H3,(H2,18,24)(H,20,27)(H,21,29)(H,22,28)(H,25,26)(H,30,31). The van der Waals surface area contributed by atoms with Crippen LogP contribution in [0.15, 0.2) is 0 Å². The molecule has 0 bridgehead atoms. The summed E-state index contributed by atoms with van der Waals surface area (Å²) in [5.41, 5.74) is 10.7. The van der Waals surface area contributed by atoms with Crippen molar-refractivity contribution in [1.82, 2.24) is 16.0 Å². The molecule has 5 unspecified atom stereocenters. The zero-order valence-corrected chi connectivity index (χ0v) is 17.3. The monoisotopic (exact) mass is 447 g/mol. The molecular weight excluding hydrogens is 418 g/mol. The van der Waals surface area contributed by atoms with Crippen LogP contribution in [0.5, 0.6) is 0 Å². The number of nitrogens with one attached hydrogen (secondary N) is 3. The van der Waals surface area contributed by atoms with Gasteiger partial charge in [-0.15, -0.1) is 0 Å². The van der Waals surface area contributed by atoms with Gasteiger partial charge >= 0.3 is 11.9 Å². The van der Waals surface area contributed by atoms with Crippen LogP contribution < -0.4 is 27.4 Å². The van der Waals surface area contributed by atoms with Gasteiger partial charge in [0.15, 0.2) is 6.04 Å². The van der Waals surface area contributed by atoms with Crippen LogP contribution in [0.1, 0.15) is 33.6 Å². The van der Waals surface area contributed by atoms with E-state index in [1.807, 2.05) is 5.32 Å². The summed E-state index contributed by atoms with van der Waals surface area (Å²) in [4.78, 5) is 70.5. The van der Waals surface area contributed by atoms with Crippen molar-refractivity contribution in [2.45, 2.75) is 63.9 Å². The summed E-state index contributed by atoms with van der Waals surface area (Å²) in [6.07, 6.45) is -3.13. The van der Waals surface area contributed by atoms with Crippen molar-refractivity contribution >= 4 is 35.6 Å². The topological polar surface area (TPSA) is 251 Å². The second-order valence-electron chi connectivity index (χ2n) is 7.23. The molecule has 0 radical (unpaired) electrons. The maximum atomic E-state index is 12.5. The van der Waals surface area contributed by atoms with Gasteiger partial charge in [0.2, 0.25) is 23.6 Å². The van der Waals surface area contributed by atoms with E-state index in [-0.39, 0.29) is 5.92 Å². The largest absolute Gasteiger partial charge is 0.481 e. The molecule has 4 amide bonds. The van der Waals surface area contributed by atoms with Crippen molar-refractivity contribution in [1.29, 1.82) is 0 Å². The van der Waals surface area contributed by atoms with Crippen LogP contribution in [0.3, 0.4) is 0 Å². The van der Waals surface area contributed by atoms with Gasteiger partial charge in [-0.3, -0.25) is 24.0 Å². The summed E-state index contributed by atoms with van der Waals surface area (Å²) in [7, 11) is 0. The molecule has 31 heavy (non-hydrogen) atoms. The average Bonchev–Trinajstić information content (AvgIpc) is 2.62. The first kappa shape index (κ1) is 27.7. The number of amides is 4. The fourth-order valence-electron chi connectivity index (χ4n) is 2.28. The first-order chi connectivity index (χ1) is 14.2. The SMILES string of the molecule is CC(C)C(N)C(=O)NC(CC(=O)O)C(=O)NC(CC(N)=O)C(=O)NC(C(=O)O)C(C)O. The van der Waals surface area contributed by atoms with Crippen molar-refractivity contribution in [2.24, 2.45) is 17.4 Å². The number of carboxylic acids is 2. The van der Waals surface area contributed by atoms with Crippen molar-refractivity contribution in [3.63, 3.8) is 0 Å². The van der Waals surface area contributed by atoms with Gasteiger partial charge in [0.05, 0.1) is 25.0 Å². The van der Waals surface area contributed by atoms with Crippen molar-refractivity contribution < 1.29 is 44.1 Å². The number of hydrogen-bond donors (Lipinski definition) is 8. The number of hydrogen-bond acceptors (Lipinski definition) is 8. The molecule has 0 fully saturated rings. The lowest BCUT2D eigenvalue weighted by molar-refractivity contribution is -0.145. The number of carbonyl (C=O) groups is 6. The fraction of sp³-hybridized carbons (Fsp3) is 0.647. The van der Waals surface area contributed by atoms with Crippen LogP contribution in [-0.2, 0) is 28.8 Å². The molecule has 0 heterocycles. The highest BCUT2D eigenvalue weighted by atomic mass is 16.4. The predicted molar refractivity (Wildman–Crippen MR) is 104 cm³/mol.